The molecule has 0 aliphatic heterocycles. The molecule has 0 unspecified atom stereocenters. The van der Waals surface area contributed by atoms with E-state index in [4.69, 9.17) is 0 Å². The third-order valence-electron chi connectivity index (χ3n) is 2.88. The number of allylic oxidation sites excluding steroid dienone is 1. The van der Waals surface area contributed by atoms with Crippen molar-refractivity contribution >= 4 is 21.5 Å². The molecule has 0 spiro atoms. The second-order valence-electron chi connectivity index (χ2n) is 4.28. The van der Waals surface area contributed by atoms with Gasteiger partial charge in [-0.25, -0.2) is 0 Å². The maximum Gasteiger partial charge on any atom is 0.0175 e. The number of hydrogen-bond donors (Lipinski definition) is 0. The number of rotatable bonds is 4. The first kappa shape index (κ1) is 13.1. The van der Waals surface area contributed by atoms with Crippen LogP contribution in [0.4, 0.5) is 0 Å². The van der Waals surface area contributed by atoms with Gasteiger partial charge >= 0.3 is 0 Å². The first-order valence-electron chi connectivity index (χ1n) is 6.33. The van der Waals surface area contributed by atoms with E-state index in [1.807, 2.05) is 0 Å². The Bertz CT molecular complexity index is 509. The van der Waals surface area contributed by atoms with Crippen molar-refractivity contribution in [2.24, 2.45) is 0 Å². The highest BCUT2D eigenvalue weighted by Crippen LogP contribution is 2.25. The molecule has 18 heavy (non-hydrogen) atoms. The van der Waals surface area contributed by atoms with Crippen LogP contribution in [0.25, 0.3) is 5.57 Å². The highest BCUT2D eigenvalue weighted by atomic mass is 79.9. The topological polar surface area (TPSA) is 0 Å². The van der Waals surface area contributed by atoms with Crippen molar-refractivity contribution in [3.05, 3.63) is 76.3 Å². The fraction of sp³-hybridized carbons (Fsp3) is 0.176. The van der Waals surface area contributed by atoms with Crippen LogP contribution in [0.2, 0.25) is 0 Å². The molecule has 0 bridgehead atoms. The molecular formula is C17H17Br. The second-order valence-corrected chi connectivity index (χ2v) is 5.20. The summed E-state index contributed by atoms with van der Waals surface area (Å²) in [6.07, 6.45) is 4.62. The van der Waals surface area contributed by atoms with Crippen LogP contribution in [0.3, 0.4) is 0 Å². The van der Waals surface area contributed by atoms with Gasteiger partial charge in [-0.05, 0) is 35.3 Å². The van der Waals surface area contributed by atoms with Gasteiger partial charge in [0.1, 0.15) is 0 Å². The number of unbranched alkanes of at least 4 members (excludes halogenated alkanes) is 1. The summed E-state index contributed by atoms with van der Waals surface area (Å²) < 4.78 is 1.12. The van der Waals surface area contributed by atoms with Crippen LogP contribution < -0.4 is 0 Å². The summed E-state index contributed by atoms with van der Waals surface area (Å²) in [4.78, 5) is 0. The van der Waals surface area contributed by atoms with Crippen LogP contribution in [0, 0.1) is 0 Å². The Hall–Kier alpha value is -1.34. The zero-order chi connectivity index (χ0) is 12.8. The molecule has 2 rings (SSSR count). The Morgan fingerprint density at radius 2 is 1.56 bits per heavy atom. The fourth-order valence-electron chi connectivity index (χ4n) is 1.94. The summed E-state index contributed by atoms with van der Waals surface area (Å²) in [6.45, 7) is 2.21. The van der Waals surface area contributed by atoms with Crippen LogP contribution in [0.1, 0.15) is 30.9 Å². The van der Waals surface area contributed by atoms with Crippen molar-refractivity contribution in [1.82, 2.24) is 0 Å². The Morgan fingerprint density at radius 1 is 0.944 bits per heavy atom. The van der Waals surface area contributed by atoms with Crippen molar-refractivity contribution in [3.8, 4) is 0 Å². The lowest BCUT2D eigenvalue weighted by Gasteiger charge is -2.08. The van der Waals surface area contributed by atoms with Crippen LogP contribution in [0.15, 0.2) is 65.1 Å². The second kappa shape index (κ2) is 6.55. The standard InChI is InChI=1S/C17H17Br/c1-2-3-9-17(14-7-5-4-6-8-14)15-10-12-16(18)13-11-15/h4-13H,2-3H2,1H3/b17-9+. The third-order valence-corrected chi connectivity index (χ3v) is 3.41. The van der Waals surface area contributed by atoms with Crippen LogP contribution in [0.5, 0.6) is 0 Å². The molecule has 2 aromatic rings. The van der Waals surface area contributed by atoms with E-state index in [-0.39, 0.29) is 0 Å². The highest BCUT2D eigenvalue weighted by molar-refractivity contribution is 9.10. The smallest absolute Gasteiger partial charge is 0.0175 e. The SMILES string of the molecule is CCC/C=C(\c1ccccc1)c1ccc(Br)cc1. The van der Waals surface area contributed by atoms with Crippen molar-refractivity contribution in [2.75, 3.05) is 0 Å². The average molecular weight is 301 g/mol. The van der Waals surface area contributed by atoms with Gasteiger partial charge in [-0.3, -0.25) is 0 Å². The molecule has 0 aliphatic rings. The average Bonchev–Trinajstić information content (AvgIpc) is 2.42. The van der Waals surface area contributed by atoms with Gasteiger partial charge in [0.15, 0.2) is 0 Å². The van der Waals surface area contributed by atoms with Crippen molar-refractivity contribution in [3.63, 3.8) is 0 Å². The lowest BCUT2D eigenvalue weighted by atomic mass is 9.97. The number of benzene rings is 2. The number of halogens is 1. The predicted octanol–water partition coefficient (Wildman–Crippen LogP) is 5.68. The minimum atomic E-state index is 1.11. The van der Waals surface area contributed by atoms with Gasteiger partial charge in [0, 0.05) is 4.47 Å². The van der Waals surface area contributed by atoms with Gasteiger partial charge in [-0.15, -0.1) is 0 Å². The molecule has 92 valence electrons. The maximum absolute atomic E-state index is 3.48. The van der Waals surface area contributed by atoms with Gasteiger partial charge in [-0.2, -0.15) is 0 Å². The fourth-order valence-corrected chi connectivity index (χ4v) is 2.20. The molecule has 0 nitrogen and oxygen atoms in total. The van der Waals surface area contributed by atoms with Crippen molar-refractivity contribution in [1.29, 1.82) is 0 Å². The Kier molecular flexibility index (Phi) is 4.77. The van der Waals surface area contributed by atoms with E-state index in [0.717, 1.165) is 10.9 Å². The van der Waals surface area contributed by atoms with E-state index in [1.165, 1.54) is 23.1 Å². The van der Waals surface area contributed by atoms with E-state index in [1.54, 1.807) is 0 Å². The molecule has 0 N–H and O–H groups in total. The van der Waals surface area contributed by atoms with Gasteiger partial charge in [0.2, 0.25) is 0 Å². The van der Waals surface area contributed by atoms with Crippen molar-refractivity contribution < 1.29 is 0 Å². The first-order chi connectivity index (χ1) is 8.81. The van der Waals surface area contributed by atoms with Crippen LogP contribution in [-0.2, 0) is 0 Å². The maximum atomic E-state index is 3.48. The summed E-state index contributed by atoms with van der Waals surface area (Å²) in [5, 5.41) is 0. The number of hydrogen-bond acceptors (Lipinski definition) is 0. The quantitative estimate of drug-likeness (QED) is 0.681. The van der Waals surface area contributed by atoms with Gasteiger partial charge in [0.05, 0.1) is 0 Å². The van der Waals surface area contributed by atoms with E-state index in [2.05, 4.69) is 83.5 Å². The first-order valence-corrected chi connectivity index (χ1v) is 7.12. The summed E-state index contributed by atoms with van der Waals surface area (Å²) in [7, 11) is 0. The summed E-state index contributed by atoms with van der Waals surface area (Å²) >= 11 is 3.48. The molecule has 0 fully saturated rings. The third kappa shape index (κ3) is 3.33. The molecular weight excluding hydrogens is 284 g/mol. The minimum Gasteiger partial charge on any atom is -0.0761 e. The summed E-state index contributed by atoms with van der Waals surface area (Å²) in [5.74, 6) is 0. The molecule has 0 heterocycles. The predicted molar refractivity (Wildman–Crippen MR) is 82.6 cm³/mol. The van der Waals surface area contributed by atoms with Crippen LogP contribution >= 0.6 is 15.9 Å². The molecule has 0 aromatic heterocycles. The van der Waals surface area contributed by atoms with Gasteiger partial charge in [0.25, 0.3) is 0 Å². The Labute approximate surface area is 117 Å². The molecule has 0 amide bonds. The van der Waals surface area contributed by atoms with E-state index >= 15 is 0 Å². The largest absolute Gasteiger partial charge is 0.0761 e. The molecule has 1 heteroatoms. The monoisotopic (exact) mass is 300 g/mol. The summed E-state index contributed by atoms with van der Waals surface area (Å²) in [5.41, 5.74) is 3.89. The van der Waals surface area contributed by atoms with Gasteiger partial charge in [-0.1, -0.05) is 77.8 Å². The molecule has 0 radical (unpaired) electrons. The molecule has 0 saturated heterocycles. The minimum absolute atomic E-state index is 1.11. The Morgan fingerprint density at radius 3 is 2.17 bits per heavy atom. The van der Waals surface area contributed by atoms with Gasteiger partial charge < -0.3 is 0 Å². The molecule has 2 aromatic carbocycles. The van der Waals surface area contributed by atoms with E-state index < -0.39 is 0 Å². The molecule has 0 atom stereocenters. The zero-order valence-electron chi connectivity index (χ0n) is 10.6. The summed E-state index contributed by atoms with van der Waals surface area (Å²) in [6, 6.07) is 19.1. The zero-order valence-corrected chi connectivity index (χ0v) is 12.2. The molecule has 0 aliphatic carbocycles. The lowest BCUT2D eigenvalue weighted by Crippen LogP contribution is -1.88. The normalized spacial score (nSPS) is 11.6. The Balaban J connectivity index is 2.40. The molecule has 0 saturated carbocycles. The highest BCUT2D eigenvalue weighted by Gasteiger charge is 2.03. The lowest BCUT2D eigenvalue weighted by molar-refractivity contribution is 0.960. The van der Waals surface area contributed by atoms with Crippen molar-refractivity contribution in [2.45, 2.75) is 19.8 Å². The van der Waals surface area contributed by atoms with Crippen LogP contribution in [-0.4, -0.2) is 0 Å². The van der Waals surface area contributed by atoms with E-state index in [0.29, 0.717) is 0 Å². The van der Waals surface area contributed by atoms with E-state index in [9.17, 15) is 0 Å².